The molecule has 34 heavy (non-hydrogen) atoms. The Bertz CT molecular complexity index is 1340. The number of piperazine rings is 1. The molecule has 0 atom stereocenters. The minimum atomic E-state index is -0.684. The highest BCUT2D eigenvalue weighted by molar-refractivity contribution is 5.98. The van der Waals surface area contributed by atoms with E-state index in [2.05, 4.69) is 31.8 Å². The van der Waals surface area contributed by atoms with Crippen LogP contribution in [0.25, 0.3) is 27.7 Å². The Morgan fingerprint density at radius 1 is 0.971 bits per heavy atom. The molecule has 2 aliphatic heterocycles. The minimum Gasteiger partial charge on any atom is -0.505 e. The van der Waals surface area contributed by atoms with E-state index in [9.17, 15) is 9.50 Å². The first-order valence-electron chi connectivity index (χ1n) is 11.9. The first-order chi connectivity index (χ1) is 16.6. The highest BCUT2D eigenvalue weighted by atomic mass is 19.1. The van der Waals surface area contributed by atoms with Gasteiger partial charge in [0.1, 0.15) is 0 Å². The number of aromatic nitrogens is 4. The Kier molecular flexibility index (Phi) is 5.30. The number of phenols is 1. The van der Waals surface area contributed by atoms with Gasteiger partial charge in [0.15, 0.2) is 17.2 Å². The number of likely N-dealkylation sites (N-methyl/N-ethyl adjacent to an activating group) is 1. The number of phenolic OH excluding ortho intramolecular Hbond substituents is 1. The van der Waals surface area contributed by atoms with Gasteiger partial charge in [-0.05, 0) is 37.6 Å². The van der Waals surface area contributed by atoms with E-state index in [1.165, 1.54) is 25.2 Å². The number of nitrogens with zero attached hydrogens (tertiary/aromatic N) is 7. The smallest absolute Gasteiger partial charge is 0.166 e. The summed E-state index contributed by atoms with van der Waals surface area (Å²) in [4.78, 5) is 16.4. The summed E-state index contributed by atoms with van der Waals surface area (Å²) >= 11 is 0. The van der Waals surface area contributed by atoms with Crippen LogP contribution in [-0.2, 0) is 0 Å². The predicted molar refractivity (Wildman–Crippen MR) is 130 cm³/mol. The molecule has 1 N–H and O–H groups in total. The van der Waals surface area contributed by atoms with Crippen molar-refractivity contribution in [2.45, 2.75) is 18.9 Å². The van der Waals surface area contributed by atoms with Crippen LogP contribution in [0.3, 0.4) is 0 Å². The predicted octanol–water partition coefficient (Wildman–Crippen LogP) is 3.01. The molecular weight excluding hydrogens is 433 g/mol. The lowest BCUT2D eigenvalue weighted by Gasteiger charge is -2.42. The molecule has 2 fully saturated rings. The van der Waals surface area contributed by atoms with Crippen molar-refractivity contribution in [3.05, 3.63) is 48.8 Å². The molecule has 0 radical (unpaired) electrons. The summed E-state index contributed by atoms with van der Waals surface area (Å²) in [5.74, 6) is -1.08. The lowest BCUT2D eigenvalue weighted by atomic mass is 10.0. The molecule has 6 rings (SSSR count). The third kappa shape index (κ3) is 3.74. The SMILES string of the molecule is CN1CCN(C2CCN(c3cnc4c(-c5ccnc6cc(F)c(O)cc56)cnn4c3)CC2)CC1. The molecule has 4 aromatic rings. The van der Waals surface area contributed by atoms with Gasteiger partial charge in [0.25, 0.3) is 0 Å². The monoisotopic (exact) mass is 461 g/mol. The van der Waals surface area contributed by atoms with Crippen molar-refractivity contribution in [2.24, 2.45) is 0 Å². The van der Waals surface area contributed by atoms with Gasteiger partial charge in [-0.2, -0.15) is 5.10 Å². The van der Waals surface area contributed by atoms with Gasteiger partial charge in [-0.1, -0.05) is 0 Å². The molecular formula is C25H28FN7O. The van der Waals surface area contributed by atoms with Crippen molar-refractivity contribution in [3.63, 3.8) is 0 Å². The van der Waals surface area contributed by atoms with Crippen molar-refractivity contribution in [3.8, 4) is 16.9 Å². The molecule has 2 saturated heterocycles. The van der Waals surface area contributed by atoms with Crippen molar-refractivity contribution in [1.29, 1.82) is 0 Å². The fourth-order valence-corrected chi connectivity index (χ4v) is 5.29. The van der Waals surface area contributed by atoms with Crippen LogP contribution in [0.2, 0.25) is 0 Å². The Morgan fingerprint density at radius 3 is 2.56 bits per heavy atom. The number of hydrogen-bond acceptors (Lipinski definition) is 7. The van der Waals surface area contributed by atoms with E-state index in [0.717, 1.165) is 55.8 Å². The number of piperidine rings is 1. The molecule has 0 amide bonds. The topological polar surface area (TPSA) is 73.0 Å². The maximum absolute atomic E-state index is 13.8. The van der Waals surface area contributed by atoms with Gasteiger partial charge in [-0.3, -0.25) is 9.88 Å². The summed E-state index contributed by atoms with van der Waals surface area (Å²) in [6.07, 6.45) is 9.67. The van der Waals surface area contributed by atoms with Crippen molar-refractivity contribution in [1.82, 2.24) is 29.4 Å². The molecule has 0 bridgehead atoms. The molecule has 0 unspecified atom stereocenters. The van der Waals surface area contributed by atoms with Crippen molar-refractivity contribution in [2.75, 3.05) is 51.2 Å². The molecule has 176 valence electrons. The molecule has 9 heteroatoms. The normalized spacial score (nSPS) is 18.8. The number of aromatic hydroxyl groups is 1. The Balaban J connectivity index is 1.24. The molecule has 5 heterocycles. The highest BCUT2D eigenvalue weighted by Gasteiger charge is 2.27. The number of pyridine rings is 1. The van der Waals surface area contributed by atoms with Gasteiger partial charge in [-0.25, -0.2) is 13.9 Å². The van der Waals surface area contributed by atoms with Crippen LogP contribution >= 0.6 is 0 Å². The minimum absolute atomic E-state index is 0.395. The molecule has 2 aliphatic rings. The van der Waals surface area contributed by atoms with Crippen molar-refractivity contribution >= 4 is 22.2 Å². The molecule has 8 nitrogen and oxygen atoms in total. The fourth-order valence-electron chi connectivity index (χ4n) is 5.29. The van der Waals surface area contributed by atoms with Gasteiger partial charge in [0, 0.05) is 68.5 Å². The van der Waals surface area contributed by atoms with E-state index in [-0.39, 0.29) is 0 Å². The quantitative estimate of drug-likeness (QED) is 0.503. The third-order valence-corrected chi connectivity index (χ3v) is 7.33. The van der Waals surface area contributed by atoms with E-state index < -0.39 is 11.6 Å². The Hall–Kier alpha value is -3.30. The lowest BCUT2D eigenvalue weighted by Crippen LogP contribution is -2.52. The molecule has 0 saturated carbocycles. The van der Waals surface area contributed by atoms with Crippen LogP contribution in [0.1, 0.15) is 12.8 Å². The first-order valence-corrected chi connectivity index (χ1v) is 11.9. The average Bonchev–Trinajstić information content (AvgIpc) is 3.28. The number of anilines is 1. The summed E-state index contributed by atoms with van der Waals surface area (Å²) < 4.78 is 15.6. The number of benzene rings is 1. The maximum Gasteiger partial charge on any atom is 0.166 e. The van der Waals surface area contributed by atoms with E-state index in [0.29, 0.717) is 22.6 Å². The van der Waals surface area contributed by atoms with Gasteiger partial charge in [0.2, 0.25) is 0 Å². The standard InChI is InChI=1S/C25H28FN7O/c1-30-8-10-32(11-9-30)17-3-6-31(7-4-17)18-14-28-25-21(15-29-33(25)16-18)19-2-5-27-23-13-22(26)24(34)12-20(19)23/h2,5,12-17,34H,3-4,6-11H2,1H3. The number of rotatable bonds is 3. The van der Waals surface area contributed by atoms with Crippen LogP contribution in [-0.4, -0.2) is 86.8 Å². The van der Waals surface area contributed by atoms with Crippen LogP contribution in [0.4, 0.5) is 10.1 Å². The molecule has 0 aliphatic carbocycles. The second-order valence-corrected chi connectivity index (χ2v) is 9.38. The van der Waals surface area contributed by atoms with Crippen LogP contribution in [0.15, 0.2) is 43.0 Å². The van der Waals surface area contributed by atoms with Gasteiger partial charge in [-0.15, -0.1) is 0 Å². The first kappa shape index (κ1) is 21.2. The largest absolute Gasteiger partial charge is 0.505 e. The fraction of sp³-hybridized carbons (Fsp3) is 0.400. The van der Waals surface area contributed by atoms with E-state index in [1.807, 2.05) is 18.5 Å². The zero-order valence-corrected chi connectivity index (χ0v) is 19.2. The van der Waals surface area contributed by atoms with Crippen LogP contribution < -0.4 is 4.90 Å². The number of hydrogen-bond donors (Lipinski definition) is 1. The third-order valence-electron chi connectivity index (χ3n) is 7.33. The van der Waals surface area contributed by atoms with Crippen LogP contribution in [0.5, 0.6) is 5.75 Å². The Morgan fingerprint density at radius 2 is 1.76 bits per heavy atom. The molecule has 1 aromatic carbocycles. The zero-order valence-electron chi connectivity index (χ0n) is 19.2. The van der Waals surface area contributed by atoms with Crippen LogP contribution in [0, 0.1) is 5.82 Å². The second kappa shape index (κ2) is 8.48. The van der Waals surface area contributed by atoms with Gasteiger partial charge < -0.3 is 14.9 Å². The number of fused-ring (bicyclic) bond motifs is 2. The summed E-state index contributed by atoms with van der Waals surface area (Å²) in [5, 5.41) is 15.1. The van der Waals surface area contributed by atoms with Gasteiger partial charge >= 0.3 is 0 Å². The van der Waals surface area contributed by atoms with Gasteiger partial charge in [0.05, 0.1) is 29.8 Å². The lowest BCUT2D eigenvalue weighted by molar-refractivity contribution is 0.0982. The summed E-state index contributed by atoms with van der Waals surface area (Å²) in [6.45, 7) is 6.67. The molecule has 0 spiro atoms. The summed E-state index contributed by atoms with van der Waals surface area (Å²) in [5.41, 5.74) is 3.89. The summed E-state index contributed by atoms with van der Waals surface area (Å²) in [6, 6.07) is 5.17. The second-order valence-electron chi connectivity index (χ2n) is 9.38. The zero-order chi connectivity index (χ0) is 23.2. The highest BCUT2D eigenvalue weighted by Crippen LogP contribution is 2.33. The Labute approximate surface area is 197 Å². The summed E-state index contributed by atoms with van der Waals surface area (Å²) in [7, 11) is 2.20. The maximum atomic E-state index is 13.8. The number of halogens is 1. The average molecular weight is 462 g/mol. The van der Waals surface area contributed by atoms with E-state index >= 15 is 0 Å². The molecule has 3 aromatic heterocycles. The van der Waals surface area contributed by atoms with E-state index in [1.54, 1.807) is 16.9 Å². The van der Waals surface area contributed by atoms with Crippen molar-refractivity contribution < 1.29 is 9.50 Å². The van der Waals surface area contributed by atoms with E-state index in [4.69, 9.17) is 4.98 Å².